The maximum Gasteiger partial charge on any atom is 0.191 e. The Bertz CT molecular complexity index is 280. The van der Waals surface area contributed by atoms with E-state index in [0.29, 0.717) is 11.5 Å². The largest absolute Gasteiger partial charge is 0.370 e. The summed E-state index contributed by atoms with van der Waals surface area (Å²) >= 11 is 0. The van der Waals surface area contributed by atoms with E-state index in [-0.39, 0.29) is 24.0 Å². The molecule has 100 valence electrons. The number of aliphatic imine (C=N–C) groups is 1. The Morgan fingerprint density at radius 1 is 1.24 bits per heavy atom. The zero-order valence-corrected chi connectivity index (χ0v) is 13.6. The van der Waals surface area contributed by atoms with Gasteiger partial charge in [-0.3, -0.25) is 0 Å². The first-order valence-corrected chi connectivity index (χ1v) is 6.57. The number of nitrogens with zero attached hydrogens (tertiary/aromatic N) is 2. The van der Waals surface area contributed by atoms with Crippen LogP contribution in [0.4, 0.5) is 0 Å². The maximum absolute atomic E-state index is 6.10. The van der Waals surface area contributed by atoms with Crippen LogP contribution in [0.3, 0.4) is 0 Å². The summed E-state index contributed by atoms with van der Waals surface area (Å²) in [5.41, 5.74) is 6.47. The molecule has 2 N–H and O–H groups in total. The molecule has 0 aromatic carbocycles. The molecule has 0 spiro atoms. The number of rotatable bonds is 1. The van der Waals surface area contributed by atoms with Gasteiger partial charge >= 0.3 is 0 Å². The Labute approximate surface area is 122 Å². The van der Waals surface area contributed by atoms with Gasteiger partial charge in [0.15, 0.2) is 5.96 Å². The number of halogens is 1. The van der Waals surface area contributed by atoms with Gasteiger partial charge in [-0.1, -0.05) is 20.8 Å². The minimum absolute atomic E-state index is 0. The van der Waals surface area contributed by atoms with E-state index in [1.165, 1.54) is 25.7 Å². The van der Waals surface area contributed by atoms with Crippen LogP contribution >= 0.6 is 24.0 Å². The molecule has 2 aliphatic rings. The van der Waals surface area contributed by atoms with E-state index in [0.717, 1.165) is 25.0 Å². The van der Waals surface area contributed by atoms with Crippen molar-refractivity contribution in [3.63, 3.8) is 0 Å². The highest BCUT2D eigenvalue weighted by atomic mass is 127. The summed E-state index contributed by atoms with van der Waals surface area (Å²) in [5.74, 6) is 1.63. The molecule has 3 nitrogen and oxygen atoms in total. The number of hydrogen-bond acceptors (Lipinski definition) is 1. The number of hydrogen-bond donors (Lipinski definition) is 1. The first-order chi connectivity index (χ1) is 7.49. The fourth-order valence-electron chi connectivity index (χ4n) is 2.57. The van der Waals surface area contributed by atoms with Crippen molar-refractivity contribution in [2.24, 2.45) is 22.1 Å². The van der Waals surface area contributed by atoms with Crippen LogP contribution in [0.25, 0.3) is 0 Å². The quantitative estimate of drug-likeness (QED) is 0.448. The lowest BCUT2D eigenvalue weighted by Crippen LogP contribution is -2.46. The average molecular weight is 351 g/mol. The standard InChI is InChI=1S/C13H25N3.HI/c1-10-5-8-16(9-6-10)12(14)15-11-4-7-13(11,2)3;/h10-11H,4-9H2,1-3H3,(H2,14,15);1H. The summed E-state index contributed by atoms with van der Waals surface area (Å²) in [6, 6.07) is 0.451. The lowest BCUT2D eigenvalue weighted by molar-refractivity contribution is 0.143. The summed E-state index contributed by atoms with van der Waals surface area (Å²) in [4.78, 5) is 6.96. The Hall–Kier alpha value is 0. The number of piperidine rings is 1. The van der Waals surface area contributed by atoms with Crippen molar-refractivity contribution in [1.29, 1.82) is 0 Å². The minimum atomic E-state index is 0. The van der Waals surface area contributed by atoms with Gasteiger partial charge in [-0.25, -0.2) is 4.99 Å². The Kier molecular flexibility index (Phi) is 5.10. The van der Waals surface area contributed by atoms with E-state index in [1.807, 2.05) is 0 Å². The molecule has 4 heteroatoms. The molecule has 17 heavy (non-hydrogen) atoms. The second kappa shape index (κ2) is 5.76. The monoisotopic (exact) mass is 351 g/mol. The van der Waals surface area contributed by atoms with Gasteiger partial charge in [0.2, 0.25) is 0 Å². The molecule has 1 aliphatic heterocycles. The van der Waals surface area contributed by atoms with Crippen LogP contribution in [0, 0.1) is 11.3 Å². The van der Waals surface area contributed by atoms with Crippen LogP contribution < -0.4 is 5.73 Å². The zero-order chi connectivity index (χ0) is 11.8. The lowest BCUT2D eigenvalue weighted by Gasteiger charge is -2.42. The molecule has 1 aliphatic carbocycles. The van der Waals surface area contributed by atoms with E-state index in [9.17, 15) is 0 Å². The van der Waals surface area contributed by atoms with Crippen LogP contribution in [-0.2, 0) is 0 Å². The molecule has 2 fully saturated rings. The van der Waals surface area contributed by atoms with Crippen LogP contribution in [0.15, 0.2) is 4.99 Å². The molecular weight excluding hydrogens is 325 g/mol. The molecule has 0 aromatic rings. The van der Waals surface area contributed by atoms with Gasteiger partial charge in [0.05, 0.1) is 6.04 Å². The van der Waals surface area contributed by atoms with Gasteiger partial charge in [0.1, 0.15) is 0 Å². The van der Waals surface area contributed by atoms with E-state index in [4.69, 9.17) is 10.7 Å². The summed E-state index contributed by atoms with van der Waals surface area (Å²) in [7, 11) is 0. The summed E-state index contributed by atoms with van der Waals surface area (Å²) in [6.45, 7) is 9.07. The van der Waals surface area contributed by atoms with Crippen molar-refractivity contribution >= 4 is 29.9 Å². The molecule has 1 saturated carbocycles. The normalized spacial score (nSPS) is 29.5. The van der Waals surface area contributed by atoms with Gasteiger partial charge in [-0.05, 0) is 37.0 Å². The molecule has 0 radical (unpaired) electrons. The third-order valence-corrected chi connectivity index (χ3v) is 4.36. The fraction of sp³-hybridized carbons (Fsp3) is 0.923. The topological polar surface area (TPSA) is 41.6 Å². The van der Waals surface area contributed by atoms with Gasteiger partial charge in [0.25, 0.3) is 0 Å². The van der Waals surface area contributed by atoms with E-state index in [2.05, 4.69) is 25.7 Å². The van der Waals surface area contributed by atoms with Crippen molar-refractivity contribution in [2.75, 3.05) is 13.1 Å². The molecule has 1 heterocycles. The number of nitrogens with two attached hydrogens (primary N) is 1. The molecule has 1 saturated heterocycles. The Balaban J connectivity index is 0.00000144. The van der Waals surface area contributed by atoms with E-state index in [1.54, 1.807) is 0 Å². The average Bonchev–Trinajstić information content (AvgIpc) is 2.25. The molecule has 0 bridgehead atoms. The summed E-state index contributed by atoms with van der Waals surface area (Å²) < 4.78 is 0. The van der Waals surface area contributed by atoms with Crippen LogP contribution in [-0.4, -0.2) is 30.0 Å². The summed E-state index contributed by atoms with van der Waals surface area (Å²) in [5, 5.41) is 0. The molecule has 1 atom stereocenters. The van der Waals surface area contributed by atoms with Crippen molar-refractivity contribution in [1.82, 2.24) is 4.90 Å². The predicted molar refractivity (Wildman–Crippen MR) is 83.8 cm³/mol. The first kappa shape index (κ1) is 15.1. The van der Waals surface area contributed by atoms with Gasteiger partial charge < -0.3 is 10.6 Å². The Morgan fingerprint density at radius 3 is 2.24 bits per heavy atom. The van der Waals surface area contributed by atoms with Crippen molar-refractivity contribution < 1.29 is 0 Å². The Morgan fingerprint density at radius 2 is 1.82 bits per heavy atom. The highest BCUT2D eigenvalue weighted by Gasteiger charge is 2.38. The SMILES string of the molecule is CC1CCN(C(N)=NC2CCC2(C)C)CC1.I. The van der Waals surface area contributed by atoms with E-state index < -0.39 is 0 Å². The molecule has 1 unspecified atom stereocenters. The molecule has 2 rings (SSSR count). The number of guanidine groups is 1. The third-order valence-electron chi connectivity index (χ3n) is 4.36. The zero-order valence-electron chi connectivity index (χ0n) is 11.3. The lowest BCUT2D eigenvalue weighted by atomic mass is 9.68. The van der Waals surface area contributed by atoms with Crippen LogP contribution in [0.2, 0.25) is 0 Å². The van der Waals surface area contributed by atoms with Crippen molar-refractivity contribution in [3.8, 4) is 0 Å². The second-order valence-electron chi connectivity index (χ2n) is 6.20. The molecule has 0 aromatic heterocycles. The fourth-order valence-corrected chi connectivity index (χ4v) is 2.57. The smallest absolute Gasteiger partial charge is 0.191 e. The highest BCUT2D eigenvalue weighted by molar-refractivity contribution is 14.0. The van der Waals surface area contributed by atoms with Gasteiger partial charge in [-0.2, -0.15) is 0 Å². The van der Waals surface area contributed by atoms with Crippen molar-refractivity contribution in [2.45, 2.75) is 52.5 Å². The van der Waals surface area contributed by atoms with Gasteiger partial charge in [0, 0.05) is 13.1 Å². The van der Waals surface area contributed by atoms with E-state index >= 15 is 0 Å². The first-order valence-electron chi connectivity index (χ1n) is 6.57. The molecule has 0 amide bonds. The number of likely N-dealkylation sites (tertiary alicyclic amines) is 1. The highest BCUT2D eigenvalue weighted by Crippen LogP contribution is 2.42. The second-order valence-corrected chi connectivity index (χ2v) is 6.20. The third kappa shape index (κ3) is 3.48. The van der Waals surface area contributed by atoms with Crippen LogP contribution in [0.5, 0.6) is 0 Å². The minimum Gasteiger partial charge on any atom is -0.370 e. The predicted octanol–water partition coefficient (Wildman–Crippen LogP) is 2.84. The molecular formula is C13H26IN3. The maximum atomic E-state index is 6.10. The van der Waals surface area contributed by atoms with Crippen LogP contribution in [0.1, 0.15) is 46.5 Å². The van der Waals surface area contributed by atoms with Gasteiger partial charge in [-0.15, -0.1) is 24.0 Å². The summed E-state index contributed by atoms with van der Waals surface area (Å²) in [6.07, 6.45) is 5.00. The van der Waals surface area contributed by atoms with Crippen molar-refractivity contribution in [3.05, 3.63) is 0 Å².